The second kappa shape index (κ2) is 6.64. The van der Waals surface area contributed by atoms with E-state index in [1.54, 1.807) is 12.1 Å². The van der Waals surface area contributed by atoms with Crippen LogP contribution in [0.3, 0.4) is 0 Å². The van der Waals surface area contributed by atoms with Crippen LogP contribution in [0.1, 0.15) is 27.0 Å². The summed E-state index contributed by atoms with van der Waals surface area (Å²) in [7, 11) is 1.37. The number of esters is 1. The predicted molar refractivity (Wildman–Crippen MR) is 83.0 cm³/mol. The van der Waals surface area contributed by atoms with Crippen molar-refractivity contribution >= 4 is 17.6 Å². The number of aryl methyl sites for hydroxylation is 2. The van der Waals surface area contributed by atoms with Crippen LogP contribution >= 0.6 is 11.6 Å². The Kier molecular flexibility index (Phi) is 4.86. The third-order valence-corrected chi connectivity index (χ3v) is 3.43. The van der Waals surface area contributed by atoms with E-state index < -0.39 is 0 Å². The third kappa shape index (κ3) is 3.76. The number of hydrogen-bond acceptors (Lipinski definition) is 3. The van der Waals surface area contributed by atoms with Gasteiger partial charge in [0.25, 0.3) is 0 Å². The topological polar surface area (TPSA) is 35.5 Å². The molecule has 21 heavy (non-hydrogen) atoms. The molecule has 4 heteroatoms. The summed E-state index contributed by atoms with van der Waals surface area (Å²) < 4.78 is 10.6. The molecule has 3 nitrogen and oxygen atoms in total. The van der Waals surface area contributed by atoms with E-state index in [9.17, 15) is 4.79 Å². The molecule has 0 bridgehead atoms. The zero-order valence-corrected chi connectivity index (χ0v) is 13.0. The van der Waals surface area contributed by atoms with Crippen molar-refractivity contribution in [1.82, 2.24) is 0 Å². The molecule has 2 aromatic carbocycles. The van der Waals surface area contributed by atoms with Gasteiger partial charge in [-0.05, 0) is 54.8 Å². The Hall–Kier alpha value is -2.00. The van der Waals surface area contributed by atoms with Gasteiger partial charge in [-0.3, -0.25) is 0 Å². The first-order valence-corrected chi connectivity index (χ1v) is 6.96. The van der Waals surface area contributed by atoms with E-state index >= 15 is 0 Å². The Morgan fingerprint density at radius 1 is 1.10 bits per heavy atom. The maximum Gasteiger partial charge on any atom is 0.337 e. The van der Waals surface area contributed by atoms with Gasteiger partial charge in [-0.25, -0.2) is 4.79 Å². The molecule has 110 valence electrons. The maximum absolute atomic E-state index is 11.6. The van der Waals surface area contributed by atoms with Crippen molar-refractivity contribution in [3.8, 4) is 5.75 Å². The molecule has 0 aromatic heterocycles. The van der Waals surface area contributed by atoms with Gasteiger partial charge in [0.15, 0.2) is 0 Å². The molecule has 2 aromatic rings. The first-order chi connectivity index (χ1) is 10.0. The number of methoxy groups -OCH3 is 1. The summed E-state index contributed by atoms with van der Waals surface area (Å²) in [6.45, 7) is 4.28. The smallest absolute Gasteiger partial charge is 0.337 e. The standard InChI is InChI=1S/C17H17ClO3/c1-11-8-14(17(19)20-3)9-12(2)16(11)21-10-13-4-6-15(18)7-5-13/h4-9H,10H2,1-3H3. The van der Waals surface area contributed by atoms with Crippen LogP contribution in [0.4, 0.5) is 0 Å². The highest BCUT2D eigenvalue weighted by atomic mass is 35.5. The molecule has 0 heterocycles. The molecule has 0 saturated carbocycles. The number of carbonyl (C=O) groups is 1. The van der Waals surface area contributed by atoms with Crippen LogP contribution < -0.4 is 4.74 Å². The largest absolute Gasteiger partial charge is 0.488 e. The monoisotopic (exact) mass is 304 g/mol. The van der Waals surface area contributed by atoms with Crippen LogP contribution in [0.25, 0.3) is 0 Å². The lowest BCUT2D eigenvalue weighted by molar-refractivity contribution is 0.0600. The minimum absolute atomic E-state index is 0.342. The van der Waals surface area contributed by atoms with Gasteiger partial charge in [0, 0.05) is 5.02 Å². The van der Waals surface area contributed by atoms with Gasteiger partial charge in [0.2, 0.25) is 0 Å². The SMILES string of the molecule is COC(=O)c1cc(C)c(OCc2ccc(Cl)cc2)c(C)c1. The van der Waals surface area contributed by atoms with E-state index in [2.05, 4.69) is 0 Å². The molecule has 0 aliphatic carbocycles. The molecule has 0 spiro atoms. The Balaban J connectivity index is 2.17. The zero-order valence-electron chi connectivity index (χ0n) is 12.3. The minimum Gasteiger partial charge on any atom is -0.488 e. The van der Waals surface area contributed by atoms with Crippen molar-refractivity contribution in [3.05, 3.63) is 63.7 Å². The van der Waals surface area contributed by atoms with Gasteiger partial charge >= 0.3 is 5.97 Å². The highest BCUT2D eigenvalue weighted by molar-refractivity contribution is 6.30. The summed E-state index contributed by atoms with van der Waals surface area (Å²) in [6.07, 6.45) is 0. The fourth-order valence-electron chi connectivity index (χ4n) is 2.15. The summed E-state index contributed by atoms with van der Waals surface area (Å²) in [5.41, 5.74) is 3.38. The number of ether oxygens (including phenoxy) is 2. The molecular weight excluding hydrogens is 288 g/mol. The molecular formula is C17H17ClO3. The molecule has 0 saturated heterocycles. The van der Waals surface area contributed by atoms with Crippen molar-refractivity contribution in [3.63, 3.8) is 0 Å². The van der Waals surface area contributed by atoms with E-state index in [1.165, 1.54) is 7.11 Å². The molecule has 0 atom stereocenters. The van der Waals surface area contributed by atoms with E-state index in [0.29, 0.717) is 17.2 Å². The predicted octanol–water partition coefficient (Wildman–Crippen LogP) is 4.32. The summed E-state index contributed by atoms with van der Waals surface area (Å²) in [6, 6.07) is 11.1. The first kappa shape index (κ1) is 15.4. The summed E-state index contributed by atoms with van der Waals surface area (Å²) >= 11 is 5.86. The lowest BCUT2D eigenvalue weighted by atomic mass is 10.1. The highest BCUT2D eigenvalue weighted by Gasteiger charge is 2.12. The lowest BCUT2D eigenvalue weighted by Gasteiger charge is -2.13. The normalized spacial score (nSPS) is 10.3. The lowest BCUT2D eigenvalue weighted by Crippen LogP contribution is -2.05. The Morgan fingerprint density at radius 2 is 1.67 bits per heavy atom. The first-order valence-electron chi connectivity index (χ1n) is 6.58. The quantitative estimate of drug-likeness (QED) is 0.789. The average molecular weight is 305 g/mol. The van der Waals surface area contributed by atoms with E-state index in [1.807, 2.05) is 38.1 Å². The second-order valence-electron chi connectivity index (χ2n) is 4.85. The van der Waals surface area contributed by atoms with E-state index in [4.69, 9.17) is 21.1 Å². The van der Waals surface area contributed by atoms with Crippen molar-refractivity contribution in [2.45, 2.75) is 20.5 Å². The molecule has 0 amide bonds. The van der Waals surface area contributed by atoms with Gasteiger partial charge in [0.05, 0.1) is 12.7 Å². The van der Waals surface area contributed by atoms with Crippen LogP contribution in [0.5, 0.6) is 5.75 Å². The minimum atomic E-state index is -0.342. The van der Waals surface area contributed by atoms with Gasteiger partial charge in [-0.1, -0.05) is 23.7 Å². The second-order valence-corrected chi connectivity index (χ2v) is 5.28. The molecule has 0 N–H and O–H groups in total. The Bertz CT molecular complexity index is 625. The Labute approximate surface area is 129 Å². The van der Waals surface area contributed by atoms with Crippen molar-refractivity contribution < 1.29 is 14.3 Å². The fraction of sp³-hybridized carbons (Fsp3) is 0.235. The maximum atomic E-state index is 11.6. The van der Waals surface area contributed by atoms with Crippen LogP contribution in [-0.2, 0) is 11.3 Å². The zero-order chi connectivity index (χ0) is 15.4. The number of carbonyl (C=O) groups excluding carboxylic acids is 1. The van der Waals surface area contributed by atoms with Crippen molar-refractivity contribution in [1.29, 1.82) is 0 Å². The summed E-state index contributed by atoms with van der Waals surface area (Å²) in [5.74, 6) is 0.447. The molecule has 0 fully saturated rings. The number of benzene rings is 2. The van der Waals surface area contributed by atoms with E-state index in [0.717, 1.165) is 22.4 Å². The fourth-order valence-corrected chi connectivity index (χ4v) is 2.28. The van der Waals surface area contributed by atoms with Gasteiger partial charge in [0.1, 0.15) is 12.4 Å². The molecule has 2 rings (SSSR count). The molecule has 0 unspecified atom stereocenters. The molecule has 0 radical (unpaired) electrons. The van der Waals surface area contributed by atoms with Crippen LogP contribution in [0.2, 0.25) is 5.02 Å². The summed E-state index contributed by atoms with van der Waals surface area (Å²) in [4.78, 5) is 11.6. The molecule has 0 aliphatic heterocycles. The van der Waals surface area contributed by atoms with Crippen LogP contribution in [0, 0.1) is 13.8 Å². The number of hydrogen-bond donors (Lipinski definition) is 0. The average Bonchev–Trinajstić information content (AvgIpc) is 2.47. The third-order valence-electron chi connectivity index (χ3n) is 3.18. The van der Waals surface area contributed by atoms with E-state index in [-0.39, 0.29) is 5.97 Å². The highest BCUT2D eigenvalue weighted by Crippen LogP contribution is 2.26. The Morgan fingerprint density at radius 3 is 2.19 bits per heavy atom. The van der Waals surface area contributed by atoms with Crippen molar-refractivity contribution in [2.75, 3.05) is 7.11 Å². The number of halogens is 1. The van der Waals surface area contributed by atoms with Crippen molar-refractivity contribution in [2.24, 2.45) is 0 Å². The van der Waals surface area contributed by atoms with Gasteiger partial charge in [-0.2, -0.15) is 0 Å². The molecule has 0 aliphatic rings. The van der Waals surface area contributed by atoms with Crippen LogP contribution in [0.15, 0.2) is 36.4 Å². The van der Waals surface area contributed by atoms with Crippen LogP contribution in [-0.4, -0.2) is 13.1 Å². The van der Waals surface area contributed by atoms with Gasteiger partial charge < -0.3 is 9.47 Å². The number of rotatable bonds is 4. The van der Waals surface area contributed by atoms with Gasteiger partial charge in [-0.15, -0.1) is 0 Å². The summed E-state index contributed by atoms with van der Waals surface area (Å²) in [5, 5.41) is 0.702.